The minimum absolute atomic E-state index is 0.00846. The summed E-state index contributed by atoms with van der Waals surface area (Å²) in [5.74, 6) is -3.17. The van der Waals surface area contributed by atoms with Gasteiger partial charge in [-0.15, -0.1) is 0 Å². The Bertz CT molecular complexity index is 1270. The Morgan fingerprint density at radius 1 is 1.11 bits per heavy atom. The van der Waals surface area contributed by atoms with Gasteiger partial charge in [0.25, 0.3) is 5.91 Å². The third kappa shape index (κ3) is 12.8. The molecular formula is C32H45F5N4O4S. The molecule has 1 fully saturated rings. The predicted molar refractivity (Wildman–Crippen MR) is 172 cm³/mol. The fourth-order valence-electron chi connectivity index (χ4n) is 4.39. The van der Waals surface area contributed by atoms with E-state index in [2.05, 4.69) is 27.8 Å². The number of aliphatic imine (C=N–C) groups is 1. The van der Waals surface area contributed by atoms with Crippen molar-refractivity contribution in [3.05, 3.63) is 58.7 Å². The first-order chi connectivity index (χ1) is 21.7. The highest BCUT2D eigenvalue weighted by Gasteiger charge is 2.45. The van der Waals surface area contributed by atoms with Crippen molar-refractivity contribution in [3.8, 4) is 11.5 Å². The molecule has 258 valence electrons. The van der Waals surface area contributed by atoms with Crippen LogP contribution in [0.2, 0.25) is 0 Å². The summed E-state index contributed by atoms with van der Waals surface area (Å²) in [6.45, 7) is 14.0. The van der Waals surface area contributed by atoms with Crippen LogP contribution in [0.4, 0.5) is 22.0 Å². The monoisotopic (exact) mass is 676 g/mol. The Kier molecular flexibility index (Phi) is 16.4. The number of carbonyl (C=O) groups is 1. The van der Waals surface area contributed by atoms with E-state index in [1.807, 2.05) is 6.92 Å². The Morgan fingerprint density at radius 2 is 1.80 bits per heavy atom. The van der Waals surface area contributed by atoms with E-state index < -0.39 is 29.3 Å². The lowest BCUT2D eigenvalue weighted by Crippen LogP contribution is -2.40. The van der Waals surface area contributed by atoms with E-state index in [-0.39, 0.29) is 35.3 Å². The number of hydrogen-bond acceptors (Lipinski definition) is 8. The number of fused-ring (bicyclic) bond motifs is 2. The molecule has 8 nitrogen and oxygen atoms in total. The molecule has 0 aliphatic carbocycles. The number of nitrogens with one attached hydrogen (secondary N) is 1. The number of amides is 1. The second kappa shape index (κ2) is 19.1. The fraction of sp³-hybridized carbons (Fsp3) is 0.562. The number of carbonyl (C=O) groups excluding carboxylic acids is 1. The maximum Gasteiger partial charge on any atom is 0.416 e. The van der Waals surface area contributed by atoms with Crippen molar-refractivity contribution in [2.45, 2.75) is 58.9 Å². The minimum atomic E-state index is -4.71. The molecule has 14 heteroatoms. The molecule has 1 amide bonds. The molecule has 1 saturated heterocycles. The minimum Gasteiger partial charge on any atom is -0.485 e. The van der Waals surface area contributed by atoms with E-state index in [9.17, 15) is 26.7 Å². The number of alkyl halides is 5. The van der Waals surface area contributed by atoms with Gasteiger partial charge in [-0.05, 0) is 62.6 Å². The Morgan fingerprint density at radius 3 is 2.37 bits per heavy atom. The number of benzene rings is 2. The second-order valence-corrected chi connectivity index (χ2v) is 11.1. The summed E-state index contributed by atoms with van der Waals surface area (Å²) in [5.41, 5.74) is 5.13. The summed E-state index contributed by atoms with van der Waals surface area (Å²) in [7, 11) is 0. The average Bonchev–Trinajstić information content (AvgIpc) is 3.06. The summed E-state index contributed by atoms with van der Waals surface area (Å²) >= 11 is 3.73. The molecule has 2 aromatic carbocycles. The first kappa shape index (κ1) is 39.4. The average molecular weight is 677 g/mol. The van der Waals surface area contributed by atoms with Crippen LogP contribution in [0, 0.1) is 0 Å². The highest BCUT2D eigenvalue weighted by Crippen LogP contribution is 2.42. The number of nitrogens with two attached hydrogens (primary N) is 1. The molecule has 1 atom stereocenters. The largest absolute Gasteiger partial charge is 0.485 e. The standard InChI is InChI=1S/C19H17F5O2.C8H19N3O.C5H9NOS/c1-3-12-4-7-16-17(8-12)26-11(2)18(20,21)15-9-14(19(22,23)24)6-5-13(15)10-25-16;9-1-2-10-3-4-11-5-7-12-8-6-11;1-4(2)6-5(7)3-8/h4-9,11H,3,10H2,1-2H3;10H,1-9H2;8H,3H2,1-2H3. The Hall–Kier alpha value is -2.78. The van der Waals surface area contributed by atoms with Gasteiger partial charge in [-0.2, -0.15) is 34.6 Å². The summed E-state index contributed by atoms with van der Waals surface area (Å²) in [6.07, 6.45) is -5.71. The van der Waals surface area contributed by atoms with Gasteiger partial charge in [-0.1, -0.05) is 19.1 Å². The van der Waals surface area contributed by atoms with Crippen molar-refractivity contribution in [2.24, 2.45) is 10.7 Å². The summed E-state index contributed by atoms with van der Waals surface area (Å²) in [4.78, 5) is 16.4. The van der Waals surface area contributed by atoms with Gasteiger partial charge in [-0.25, -0.2) is 4.99 Å². The molecule has 3 N–H and O–H groups in total. The van der Waals surface area contributed by atoms with Crippen LogP contribution in [0.5, 0.6) is 11.5 Å². The third-order valence-electron chi connectivity index (χ3n) is 6.92. The van der Waals surface area contributed by atoms with Crippen LogP contribution < -0.4 is 20.5 Å². The summed E-state index contributed by atoms with van der Waals surface area (Å²) in [5, 5.41) is 3.27. The van der Waals surface area contributed by atoms with Gasteiger partial charge in [-0.3, -0.25) is 9.69 Å². The van der Waals surface area contributed by atoms with Gasteiger partial charge in [0, 0.05) is 50.5 Å². The molecular weight excluding hydrogens is 631 g/mol. The zero-order valence-corrected chi connectivity index (χ0v) is 27.7. The maximum atomic E-state index is 14.9. The lowest BCUT2D eigenvalue weighted by atomic mass is 9.96. The van der Waals surface area contributed by atoms with Crippen molar-refractivity contribution < 1.29 is 41.0 Å². The number of morpholine rings is 1. The molecule has 0 bridgehead atoms. The Balaban J connectivity index is 0.000000303. The maximum absolute atomic E-state index is 14.9. The molecule has 1 unspecified atom stereocenters. The van der Waals surface area contributed by atoms with Crippen molar-refractivity contribution in [1.82, 2.24) is 10.2 Å². The summed E-state index contributed by atoms with van der Waals surface area (Å²) in [6, 6.07) is 7.31. The molecule has 0 spiro atoms. The zero-order chi connectivity index (χ0) is 34.3. The van der Waals surface area contributed by atoms with E-state index in [1.165, 1.54) is 0 Å². The lowest BCUT2D eigenvalue weighted by molar-refractivity contribution is -0.138. The van der Waals surface area contributed by atoms with E-state index >= 15 is 0 Å². The fourth-order valence-corrected chi connectivity index (χ4v) is 4.46. The SMILES string of the molecule is CC(C)=NC(=O)CS.CCc1ccc2c(c1)OC(C)C(F)(F)c1cc(C(F)(F)F)ccc1CO2.NCCNCCN1CCOCC1. The van der Waals surface area contributed by atoms with Gasteiger partial charge < -0.3 is 25.3 Å². The molecule has 0 radical (unpaired) electrons. The quantitative estimate of drug-likeness (QED) is 0.154. The van der Waals surface area contributed by atoms with Crippen LogP contribution >= 0.6 is 12.6 Å². The number of aryl methyl sites for hydroxylation is 1. The van der Waals surface area contributed by atoms with Gasteiger partial charge in [0.2, 0.25) is 0 Å². The van der Waals surface area contributed by atoms with Crippen molar-refractivity contribution in [2.75, 3.05) is 58.2 Å². The topological polar surface area (TPSA) is 98.4 Å². The van der Waals surface area contributed by atoms with Crippen LogP contribution in [0.3, 0.4) is 0 Å². The van der Waals surface area contributed by atoms with Crippen LogP contribution in [0.1, 0.15) is 49.9 Å². The summed E-state index contributed by atoms with van der Waals surface area (Å²) < 4.78 is 84.9. The van der Waals surface area contributed by atoms with E-state index in [0.29, 0.717) is 12.5 Å². The van der Waals surface area contributed by atoms with Crippen LogP contribution in [0.25, 0.3) is 0 Å². The van der Waals surface area contributed by atoms with Gasteiger partial charge in [0.05, 0.1) is 24.5 Å². The second-order valence-electron chi connectivity index (χ2n) is 10.8. The normalized spacial score (nSPS) is 17.4. The molecule has 4 rings (SSSR count). The smallest absolute Gasteiger partial charge is 0.416 e. The number of hydrogen-bond donors (Lipinski definition) is 3. The van der Waals surface area contributed by atoms with Gasteiger partial charge >= 0.3 is 12.1 Å². The van der Waals surface area contributed by atoms with Crippen LogP contribution in [0.15, 0.2) is 41.4 Å². The highest BCUT2D eigenvalue weighted by atomic mass is 32.1. The lowest BCUT2D eigenvalue weighted by Gasteiger charge is -2.26. The molecule has 2 aromatic rings. The molecule has 0 aromatic heterocycles. The van der Waals surface area contributed by atoms with Crippen LogP contribution in [-0.4, -0.2) is 80.9 Å². The van der Waals surface area contributed by atoms with Crippen molar-refractivity contribution in [1.29, 1.82) is 0 Å². The number of rotatable bonds is 7. The molecule has 2 aliphatic rings. The third-order valence-corrected chi connectivity index (χ3v) is 7.19. The first-order valence-corrected chi connectivity index (χ1v) is 15.7. The first-order valence-electron chi connectivity index (χ1n) is 15.1. The molecule has 2 aliphatic heterocycles. The Labute approximate surface area is 273 Å². The molecule has 2 heterocycles. The van der Waals surface area contributed by atoms with E-state index in [1.54, 1.807) is 32.0 Å². The van der Waals surface area contributed by atoms with Crippen LogP contribution in [-0.2, 0) is 34.7 Å². The van der Waals surface area contributed by atoms with Gasteiger partial charge in [0.1, 0.15) is 6.61 Å². The number of nitrogens with zero attached hydrogens (tertiary/aromatic N) is 2. The zero-order valence-electron chi connectivity index (χ0n) is 26.8. The van der Waals surface area contributed by atoms with Gasteiger partial charge in [0.15, 0.2) is 17.6 Å². The van der Waals surface area contributed by atoms with Crippen molar-refractivity contribution >= 4 is 24.2 Å². The van der Waals surface area contributed by atoms with E-state index in [0.717, 1.165) is 82.8 Å². The van der Waals surface area contributed by atoms with Crippen molar-refractivity contribution in [3.63, 3.8) is 0 Å². The molecule has 46 heavy (non-hydrogen) atoms. The number of ether oxygens (including phenoxy) is 3. The van der Waals surface area contributed by atoms with E-state index in [4.69, 9.17) is 19.9 Å². The highest BCUT2D eigenvalue weighted by molar-refractivity contribution is 7.81. The molecule has 0 saturated carbocycles. The number of halogens is 5. The number of thiol groups is 1. The predicted octanol–water partition coefficient (Wildman–Crippen LogP) is 5.51.